The topological polar surface area (TPSA) is 38.3 Å². The standard InChI is InChI=1S/C13H17NO2/c1-3-11(14-13(15)4-2)10-16-12-8-6-5-7-9-12/h4-9,11H,2-3,10H2,1H3,(H,14,15). The Labute approximate surface area is 96.1 Å². The van der Waals surface area contributed by atoms with E-state index in [0.717, 1.165) is 12.2 Å². The van der Waals surface area contributed by atoms with E-state index in [4.69, 9.17) is 4.74 Å². The smallest absolute Gasteiger partial charge is 0.243 e. The van der Waals surface area contributed by atoms with Crippen LogP contribution in [0, 0.1) is 0 Å². The van der Waals surface area contributed by atoms with E-state index in [1.807, 2.05) is 37.3 Å². The molecule has 86 valence electrons. The molecule has 1 atom stereocenters. The van der Waals surface area contributed by atoms with Gasteiger partial charge in [-0.15, -0.1) is 0 Å². The van der Waals surface area contributed by atoms with Crippen LogP contribution in [-0.4, -0.2) is 18.6 Å². The fourth-order valence-corrected chi connectivity index (χ4v) is 1.24. The number of nitrogens with one attached hydrogen (secondary N) is 1. The summed E-state index contributed by atoms with van der Waals surface area (Å²) in [6.07, 6.45) is 2.09. The van der Waals surface area contributed by atoms with E-state index in [2.05, 4.69) is 11.9 Å². The Kier molecular flexibility index (Phi) is 5.12. The van der Waals surface area contributed by atoms with Crippen molar-refractivity contribution < 1.29 is 9.53 Å². The minimum atomic E-state index is -0.163. The zero-order valence-electron chi connectivity index (χ0n) is 9.48. The van der Waals surface area contributed by atoms with Crippen LogP contribution in [0.2, 0.25) is 0 Å². The number of hydrogen-bond donors (Lipinski definition) is 1. The van der Waals surface area contributed by atoms with E-state index in [1.54, 1.807) is 0 Å². The first-order valence-corrected chi connectivity index (χ1v) is 5.37. The van der Waals surface area contributed by atoms with E-state index in [9.17, 15) is 4.79 Å². The maximum atomic E-state index is 11.1. The highest BCUT2D eigenvalue weighted by Gasteiger charge is 2.08. The molecule has 0 radical (unpaired) electrons. The summed E-state index contributed by atoms with van der Waals surface area (Å²) in [4.78, 5) is 11.1. The van der Waals surface area contributed by atoms with E-state index in [-0.39, 0.29) is 11.9 Å². The third-order valence-corrected chi connectivity index (χ3v) is 2.22. The summed E-state index contributed by atoms with van der Waals surface area (Å²) < 4.78 is 5.56. The fourth-order valence-electron chi connectivity index (χ4n) is 1.24. The molecule has 0 saturated heterocycles. The van der Waals surface area contributed by atoms with Gasteiger partial charge in [-0.1, -0.05) is 31.7 Å². The molecule has 3 nitrogen and oxygen atoms in total. The molecule has 1 aromatic carbocycles. The summed E-state index contributed by atoms with van der Waals surface area (Å²) in [6.45, 7) is 5.89. The quantitative estimate of drug-likeness (QED) is 0.744. The molecule has 3 heteroatoms. The van der Waals surface area contributed by atoms with Crippen LogP contribution in [0.3, 0.4) is 0 Å². The molecule has 0 heterocycles. The van der Waals surface area contributed by atoms with Crippen molar-refractivity contribution >= 4 is 5.91 Å². The van der Waals surface area contributed by atoms with Gasteiger partial charge in [0, 0.05) is 0 Å². The average Bonchev–Trinajstić information content (AvgIpc) is 2.35. The third kappa shape index (κ3) is 4.17. The molecule has 0 aliphatic rings. The second-order valence-electron chi connectivity index (χ2n) is 3.44. The molecule has 0 fully saturated rings. The number of para-hydroxylation sites is 1. The molecular weight excluding hydrogens is 202 g/mol. The molecule has 1 aromatic rings. The lowest BCUT2D eigenvalue weighted by Crippen LogP contribution is -2.37. The summed E-state index contributed by atoms with van der Waals surface area (Å²) in [7, 11) is 0. The normalized spacial score (nSPS) is 11.6. The van der Waals surface area contributed by atoms with Crippen LogP contribution in [0.15, 0.2) is 43.0 Å². The van der Waals surface area contributed by atoms with Crippen molar-refractivity contribution in [3.05, 3.63) is 43.0 Å². The minimum absolute atomic E-state index is 0.0192. The summed E-state index contributed by atoms with van der Waals surface area (Å²) in [6, 6.07) is 9.57. The van der Waals surface area contributed by atoms with Crippen molar-refractivity contribution in [1.29, 1.82) is 0 Å². The molecule has 0 spiro atoms. The van der Waals surface area contributed by atoms with Gasteiger partial charge in [0.1, 0.15) is 12.4 Å². The number of amides is 1. The van der Waals surface area contributed by atoms with Gasteiger partial charge >= 0.3 is 0 Å². The summed E-state index contributed by atoms with van der Waals surface area (Å²) in [5, 5.41) is 2.80. The third-order valence-electron chi connectivity index (χ3n) is 2.22. The van der Waals surface area contributed by atoms with Crippen LogP contribution >= 0.6 is 0 Å². The molecule has 1 rings (SSSR count). The first kappa shape index (κ1) is 12.3. The number of carbonyl (C=O) groups is 1. The maximum Gasteiger partial charge on any atom is 0.243 e. The van der Waals surface area contributed by atoms with Crippen LogP contribution in [0.25, 0.3) is 0 Å². The van der Waals surface area contributed by atoms with Gasteiger partial charge in [-0.05, 0) is 24.6 Å². The van der Waals surface area contributed by atoms with Gasteiger partial charge in [-0.2, -0.15) is 0 Å². The summed E-state index contributed by atoms with van der Waals surface area (Å²) >= 11 is 0. The van der Waals surface area contributed by atoms with Crippen LogP contribution in [-0.2, 0) is 4.79 Å². The van der Waals surface area contributed by atoms with Crippen molar-refractivity contribution in [2.45, 2.75) is 19.4 Å². The van der Waals surface area contributed by atoms with Crippen molar-refractivity contribution in [3.8, 4) is 5.75 Å². The Morgan fingerprint density at radius 3 is 2.75 bits per heavy atom. The highest BCUT2D eigenvalue weighted by atomic mass is 16.5. The predicted octanol–water partition coefficient (Wildman–Crippen LogP) is 2.15. The highest BCUT2D eigenvalue weighted by Crippen LogP contribution is 2.08. The lowest BCUT2D eigenvalue weighted by Gasteiger charge is -2.16. The lowest BCUT2D eigenvalue weighted by molar-refractivity contribution is -0.117. The first-order valence-electron chi connectivity index (χ1n) is 5.37. The molecule has 0 aromatic heterocycles. The van der Waals surface area contributed by atoms with E-state index >= 15 is 0 Å². The second-order valence-corrected chi connectivity index (χ2v) is 3.44. The molecular formula is C13H17NO2. The van der Waals surface area contributed by atoms with Crippen molar-refractivity contribution in [2.24, 2.45) is 0 Å². The Bertz CT molecular complexity index is 335. The Balaban J connectivity index is 2.40. The van der Waals surface area contributed by atoms with Crippen molar-refractivity contribution in [1.82, 2.24) is 5.32 Å². The van der Waals surface area contributed by atoms with Gasteiger partial charge in [0.05, 0.1) is 6.04 Å². The van der Waals surface area contributed by atoms with Crippen molar-refractivity contribution in [3.63, 3.8) is 0 Å². The largest absolute Gasteiger partial charge is 0.491 e. The molecule has 1 N–H and O–H groups in total. The first-order chi connectivity index (χ1) is 7.76. The Hall–Kier alpha value is -1.77. The van der Waals surface area contributed by atoms with Crippen LogP contribution in [0.1, 0.15) is 13.3 Å². The van der Waals surface area contributed by atoms with E-state index < -0.39 is 0 Å². The monoisotopic (exact) mass is 219 g/mol. The molecule has 0 bridgehead atoms. The maximum absolute atomic E-state index is 11.1. The van der Waals surface area contributed by atoms with Gasteiger partial charge in [0.2, 0.25) is 5.91 Å². The van der Waals surface area contributed by atoms with Gasteiger partial charge in [-0.3, -0.25) is 4.79 Å². The molecule has 0 saturated carbocycles. The van der Waals surface area contributed by atoms with Gasteiger partial charge < -0.3 is 10.1 Å². The fraction of sp³-hybridized carbons (Fsp3) is 0.308. The molecule has 1 unspecified atom stereocenters. The predicted molar refractivity (Wildman–Crippen MR) is 64.4 cm³/mol. The Morgan fingerprint density at radius 2 is 2.19 bits per heavy atom. The number of ether oxygens (including phenoxy) is 1. The molecule has 1 amide bonds. The number of carbonyl (C=O) groups excluding carboxylic acids is 1. The SMILES string of the molecule is C=CC(=O)NC(CC)COc1ccccc1. The zero-order chi connectivity index (χ0) is 11.8. The minimum Gasteiger partial charge on any atom is -0.491 e. The molecule has 0 aliphatic heterocycles. The van der Waals surface area contributed by atoms with Crippen LogP contribution in [0.5, 0.6) is 5.75 Å². The second kappa shape index (κ2) is 6.67. The van der Waals surface area contributed by atoms with Gasteiger partial charge in [0.25, 0.3) is 0 Å². The summed E-state index contributed by atoms with van der Waals surface area (Å²) in [5.74, 6) is 0.650. The van der Waals surface area contributed by atoms with Crippen molar-refractivity contribution in [2.75, 3.05) is 6.61 Å². The number of benzene rings is 1. The zero-order valence-corrected chi connectivity index (χ0v) is 9.48. The van der Waals surface area contributed by atoms with E-state index in [0.29, 0.717) is 6.61 Å². The van der Waals surface area contributed by atoms with Crippen LogP contribution < -0.4 is 10.1 Å². The summed E-state index contributed by atoms with van der Waals surface area (Å²) in [5.41, 5.74) is 0. The molecule has 0 aliphatic carbocycles. The van der Waals surface area contributed by atoms with E-state index in [1.165, 1.54) is 6.08 Å². The lowest BCUT2D eigenvalue weighted by atomic mass is 10.2. The van der Waals surface area contributed by atoms with Gasteiger partial charge in [0.15, 0.2) is 0 Å². The molecule has 16 heavy (non-hydrogen) atoms. The number of hydrogen-bond acceptors (Lipinski definition) is 2. The average molecular weight is 219 g/mol. The highest BCUT2D eigenvalue weighted by molar-refractivity contribution is 5.87. The van der Waals surface area contributed by atoms with Gasteiger partial charge in [-0.25, -0.2) is 0 Å². The number of rotatable bonds is 6. The Morgan fingerprint density at radius 1 is 1.50 bits per heavy atom. The van der Waals surface area contributed by atoms with Crippen LogP contribution in [0.4, 0.5) is 0 Å².